The molecule has 0 spiro atoms. The van der Waals surface area contributed by atoms with Crippen molar-refractivity contribution in [2.24, 2.45) is 0 Å². The summed E-state index contributed by atoms with van der Waals surface area (Å²) in [7, 11) is 2.13. The Morgan fingerprint density at radius 3 is 2.24 bits per heavy atom. The number of hydrogen-bond acceptors (Lipinski definition) is 3. The standard InChI is InChI=1S/C15H22F3N3/c1-20-8-10-21(11-9-20)7-6-19-12-13-2-4-14(5-3-13)15(16,17)18/h2-5,19H,6-12H2,1H3. The number of likely N-dealkylation sites (N-methyl/N-ethyl adjacent to an activating group) is 1. The molecule has 118 valence electrons. The molecule has 0 aromatic heterocycles. The first-order chi connectivity index (χ1) is 9.95. The van der Waals surface area contributed by atoms with Crippen LogP contribution in [0.5, 0.6) is 0 Å². The lowest BCUT2D eigenvalue weighted by atomic mass is 10.1. The minimum Gasteiger partial charge on any atom is -0.311 e. The SMILES string of the molecule is CN1CCN(CCNCc2ccc(C(F)(F)F)cc2)CC1. The molecular formula is C15H22F3N3. The highest BCUT2D eigenvalue weighted by atomic mass is 19.4. The predicted molar refractivity (Wildman–Crippen MR) is 77.1 cm³/mol. The Balaban J connectivity index is 1.67. The molecule has 1 aliphatic rings. The molecular weight excluding hydrogens is 279 g/mol. The van der Waals surface area contributed by atoms with E-state index in [0.29, 0.717) is 6.54 Å². The average Bonchev–Trinajstić information content (AvgIpc) is 2.45. The zero-order valence-corrected chi connectivity index (χ0v) is 12.3. The van der Waals surface area contributed by atoms with Crippen molar-refractivity contribution >= 4 is 0 Å². The molecule has 0 atom stereocenters. The van der Waals surface area contributed by atoms with Crippen molar-refractivity contribution in [2.45, 2.75) is 12.7 Å². The molecule has 1 heterocycles. The first kappa shape index (κ1) is 16.3. The Morgan fingerprint density at radius 2 is 1.67 bits per heavy atom. The molecule has 1 aromatic carbocycles. The van der Waals surface area contributed by atoms with Crippen LogP contribution in [-0.2, 0) is 12.7 Å². The Morgan fingerprint density at radius 1 is 1.05 bits per heavy atom. The summed E-state index contributed by atoms with van der Waals surface area (Å²) in [6.45, 7) is 6.79. The van der Waals surface area contributed by atoms with Gasteiger partial charge in [0.2, 0.25) is 0 Å². The van der Waals surface area contributed by atoms with Crippen molar-refractivity contribution in [2.75, 3.05) is 46.3 Å². The fraction of sp³-hybridized carbons (Fsp3) is 0.600. The number of benzene rings is 1. The molecule has 0 amide bonds. The van der Waals surface area contributed by atoms with Gasteiger partial charge in [0.15, 0.2) is 0 Å². The molecule has 3 nitrogen and oxygen atoms in total. The molecule has 0 unspecified atom stereocenters. The predicted octanol–water partition coefficient (Wildman–Crippen LogP) is 2.04. The van der Waals surface area contributed by atoms with Crippen molar-refractivity contribution in [1.82, 2.24) is 15.1 Å². The number of nitrogens with zero attached hydrogens (tertiary/aromatic N) is 2. The molecule has 0 radical (unpaired) electrons. The highest BCUT2D eigenvalue weighted by Crippen LogP contribution is 2.28. The van der Waals surface area contributed by atoms with Gasteiger partial charge in [-0.15, -0.1) is 0 Å². The zero-order chi connectivity index (χ0) is 15.3. The Bertz CT molecular complexity index is 423. The monoisotopic (exact) mass is 301 g/mol. The van der Waals surface area contributed by atoms with E-state index in [1.807, 2.05) is 0 Å². The Hall–Kier alpha value is -1.11. The third-order valence-electron chi connectivity index (χ3n) is 3.81. The van der Waals surface area contributed by atoms with Gasteiger partial charge in [0.25, 0.3) is 0 Å². The zero-order valence-electron chi connectivity index (χ0n) is 12.3. The van der Waals surface area contributed by atoms with Gasteiger partial charge in [-0.1, -0.05) is 12.1 Å². The van der Waals surface area contributed by atoms with Gasteiger partial charge in [0.1, 0.15) is 0 Å². The van der Waals surface area contributed by atoms with Crippen LogP contribution in [0, 0.1) is 0 Å². The molecule has 0 bridgehead atoms. The van der Waals surface area contributed by atoms with E-state index in [0.717, 1.165) is 57.0 Å². The largest absolute Gasteiger partial charge is 0.416 e. The third kappa shape index (κ3) is 5.30. The Kier molecular flexibility index (Phi) is 5.61. The number of hydrogen-bond donors (Lipinski definition) is 1. The summed E-state index contributed by atoms with van der Waals surface area (Å²) >= 11 is 0. The maximum Gasteiger partial charge on any atom is 0.416 e. The lowest BCUT2D eigenvalue weighted by Crippen LogP contribution is -2.46. The third-order valence-corrected chi connectivity index (χ3v) is 3.81. The van der Waals surface area contributed by atoms with Crippen molar-refractivity contribution in [3.8, 4) is 0 Å². The van der Waals surface area contributed by atoms with Crippen LogP contribution in [0.25, 0.3) is 0 Å². The lowest BCUT2D eigenvalue weighted by Gasteiger charge is -2.32. The maximum atomic E-state index is 12.4. The lowest BCUT2D eigenvalue weighted by molar-refractivity contribution is -0.137. The van der Waals surface area contributed by atoms with E-state index in [4.69, 9.17) is 0 Å². The van der Waals surface area contributed by atoms with Gasteiger partial charge in [0, 0.05) is 45.8 Å². The molecule has 1 aliphatic heterocycles. The van der Waals surface area contributed by atoms with Crippen LogP contribution < -0.4 is 5.32 Å². The van der Waals surface area contributed by atoms with Crippen molar-refractivity contribution in [1.29, 1.82) is 0 Å². The molecule has 0 saturated carbocycles. The van der Waals surface area contributed by atoms with Crippen molar-refractivity contribution in [3.05, 3.63) is 35.4 Å². The van der Waals surface area contributed by atoms with E-state index < -0.39 is 11.7 Å². The van der Waals surface area contributed by atoms with Crippen LogP contribution in [0.1, 0.15) is 11.1 Å². The minimum atomic E-state index is -4.26. The second kappa shape index (κ2) is 7.24. The van der Waals surface area contributed by atoms with Gasteiger partial charge in [-0.2, -0.15) is 13.2 Å². The molecule has 21 heavy (non-hydrogen) atoms. The fourth-order valence-electron chi connectivity index (χ4n) is 2.35. The second-order valence-electron chi connectivity index (χ2n) is 5.52. The molecule has 0 aliphatic carbocycles. The summed E-state index contributed by atoms with van der Waals surface area (Å²) in [5.74, 6) is 0. The maximum absolute atomic E-state index is 12.4. The van der Waals surface area contributed by atoms with Crippen LogP contribution in [0.3, 0.4) is 0 Å². The van der Waals surface area contributed by atoms with Gasteiger partial charge < -0.3 is 10.2 Å². The van der Waals surface area contributed by atoms with E-state index in [-0.39, 0.29) is 0 Å². The summed E-state index contributed by atoms with van der Waals surface area (Å²) in [6, 6.07) is 5.34. The quantitative estimate of drug-likeness (QED) is 0.840. The van der Waals surface area contributed by atoms with Crippen LogP contribution in [-0.4, -0.2) is 56.1 Å². The normalized spacial score (nSPS) is 18.1. The summed E-state index contributed by atoms with van der Waals surface area (Å²) in [6.07, 6.45) is -4.26. The van der Waals surface area contributed by atoms with Crippen LogP contribution in [0.15, 0.2) is 24.3 Å². The Labute approximate surface area is 123 Å². The molecule has 2 rings (SSSR count). The molecule has 1 fully saturated rings. The first-order valence-electron chi connectivity index (χ1n) is 7.23. The van der Waals surface area contributed by atoms with Gasteiger partial charge in [-0.25, -0.2) is 0 Å². The molecule has 1 N–H and O–H groups in total. The summed E-state index contributed by atoms with van der Waals surface area (Å²) < 4.78 is 37.3. The topological polar surface area (TPSA) is 18.5 Å². The van der Waals surface area contributed by atoms with E-state index >= 15 is 0 Å². The highest BCUT2D eigenvalue weighted by molar-refractivity contribution is 5.24. The smallest absolute Gasteiger partial charge is 0.311 e. The number of piperazine rings is 1. The van der Waals surface area contributed by atoms with Crippen LogP contribution in [0.2, 0.25) is 0 Å². The molecule has 1 saturated heterocycles. The number of alkyl halides is 3. The molecule has 6 heteroatoms. The van der Waals surface area contributed by atoms with Gasteiger partial charge in [0.05, 0.1) is 5.56 Å². The van der Waals surface area contributed by atoms with Gasteiger partial charge in [-0.3, -0.25) is 4.90 Å². The summed E-state index contributed by atoms with van der Waals surface area (Å²) in [5, 5.41) is 3.28. The van der Waals surface area contributed by atoms with E-state index in [1.165, 1.54) is 12.1 Å². The summed E-state index contributed by atoms with van der Waals surface area (Å²) in [5.41, 5.74) is 0.282. The number of rotatable bonds is 5. The fourth-order valence-corrected chi connectivity index (χ4v) is 2.35. The minimum absolute atomic E-state index is 0.594. The second-order valence-corrected chi connectivity index (χ2v) is 5.52. The number of halogens is 3. The van der Waals surface area contributed by atoms with Gasteiger partial charge >= 0.3 is 6.18 Å². The van der Waals surface area contributed by atoms with E-state index in [2.05, 4.69) is 22.2 Å². The summed E-state index contributed by atoms with van der Waals surface area (Å²) in [4.78, 5) is 4.71. The van der Waals surface area contributed by atoms with E-state index in [1.54, 1.807) is 0 Å². The molecule has 1 aromatic rings. The van der Waals surface area contributed by atoms with Crippen molar-refractivity contribution < 1.29 is 13.2 Å². The van der Waals surface area contributed by atoms with Crippen molar-refractivity contribution in [3.63, 3.8) is 0 Å². The average molecular weight is 301 g/mol. The van der Waals surface area contributed by atoms with Crippen LogP contribution in [0.4, 0.5) is 13.2 Å². The highest BCUT2D eigenvalue weighted by Gasteiger charge is 2.29. The number of nitrogens with one attached hydrogen (secondary N) is 1. The first-order valence-corrected chi connectivity index (χ1v) is 7.23. The van der Waals surface area contributed by atoms with Crippen LogP contribution >= 0.6 is 0 Å². The van der Waals surface area contributed by atoms with E-state index in [9.17, 15) is 13.2 Å². The van der Waals surface area contributed by atoms with Gasteiger partial charge in [-0.05, 0) is 24.7 Å².